The number of rotatable bonds is 6. The molecule has 0 atom stereocenters. The van der Waals surface area contributed by atoms with E-state index >= 15 is 0 Å². The van der Waals surface area contributed by atoms with Gasteiger partial charge in [-0.15, -0.1) is 16.8 Å². The fourth-order valence-electron chi connectivity index (χ4n) is 3.00. The van der Waals surface area contributed by atoms with Gasteiger partial charge in [-0.2, -0.15) is 0 Å². The lowest BCUT2D eigenvalue weighted by molar-refractivity contribution is 0.102. The van der Waals surface area contributed by atoms with E-state index in [-0.39, 0.29) is 5.78 Å². The Hall–Kier alpha value is -2.41. The molecule has 0 aliphatic rings. The highest BCUT2D eigenvalue weighted by atomic mass is 32.2. The summed E-state index contributed by atoms with van der Waals surface area (Å²) in [6.07, 6.45) is 1.84. The van der Waals surface area contributed by atoms with Gasteiger partial charge in [-0.1, -0.05) is 17.8 Å². The predicted octanol–water partition coefficient (Wildman–Crippen LogP) is 3.32. The molecule has 3 rings (SSSR count). The van der Waals surface area contributed by atoms with Crippen LogP contribution in [0.5, 0.6) is 0 Å². The van der Waals surface area contributed by atoms with Gasteiger partial charge in [0.2, 0.25) is 0 Å². The molecule has 130 valence electrons. The maximum absolute atomic E-state index is 12.7. The first-order chi connectivity index (χ1) is 11.9. The van der Waals surface area contributed by atoms with E-state index in [1.165, 1.54) is 11.8 Å². The summed E-state index contributed by atoms with van der Waals surface area (Å²) in [5.74, 6) is 0.964. The van der Waals surface area contributed by atoms with Crippen LogP contribution in [0, 0.1) is 27.7 Å². The van der Waals surface area contributed by atoms with Crippen molar-refractivity contribution < 1.29 is 4.79 Å². The van der Waals surface area contributed by atoms with Crippen LogP contribution >= 0.6 is 11.8 Å². The Balaban J connectivity index is 1.82. The van der Waals surface area contributed by atoms with Gasteiger partial charge in [0.1, 0.15) is 0 Å². The second-order valence-corrected chi connectivity index (χ2v) is 7.00. The van der Waals surface area contributed by atoms with Gasteiger partial charge in [0.15, 0.2) is 10.9 Å². The summed E-state index contributed by atoms with van der Waals surface area (Å²) in [6.45, 7) is 12.4. The van der Waals surface area contributed by atoms with Crippen LogP contribution in [0.1, 0.15) is 33.1 Å². The van der Waals surface area contributed by atoms with E-state index in [9.17, 15) is 4.79 Å². The van der Waals surface area contributed by atoms with Gasteiger partial charge in [0.05, 0.1) is 5.75 Å². The highest BCUT2D eigenvalue weighted by Gasteiger charge is 2.17. The number of Topliss-reactive ketones (excluding diaryl/α,β-unsaturated/α-hetero) is 1. The number of aromatic nitrogens is 5. The molecule has 3 aromatic rings. The summed E-state index contributed by atoms with van der Waals surface area (Å²) in [6, 6.07) is 3.92. The zero-order valence-corrected chi connectivity index (χ0v) is 15.7. The standard InChI is InChI=1S/C18H21N5OS/c1-6-7-22-12(3)9-15(14(22)5)16(24)10-25-18-21-20-17-19-11(2)8-13(4)23(17)18/h6,8-9H,1,7,10H2,2-5H3. The van der Waals surface area contributed by atoms with Crippen molar-refractivity contribution in [2.45, 2.75) is 39.4 Å². The molecule has 3 aromatic heterocycles. The normalized spacial score (nSPS) is 11.2. The SMILES string of the molecule is C=CCn1c(C)cc(C(=O)CSc2nnc3nc(C)cc(C)n23)c1C. The minimum absolute atomic E-state index is 0.0860. The monoisotopic (exact) mass is 355 g/mol. The van der Waals surface area contributed by atoms with E-state index in [0.29, 0.717) is 23.2 Å². The number of thioether (sulfide) groups is 1. The Labute approximate surface area is 151 Å². The average Bonchev–Trinajstić information content (AvgIpc) is 3.08. The minimum atomic E-state index is 0.0860. The van der Waals surface area contributed by atoms with Crippen molar-refractivity contribution in [2.24, 2.45) is 0 Å². The predicted molar refractivity (Wildman–Crippen MR) is 99.4 cm³/mol. The van der Waals surface area contributed by atoms with Crippen molar-refractivity contribution in [1.29, 1.82) is 0 Å². The van der Waals surface area contributed by atoms with E-state index in [2.05, 4.69) is 26.3 Å². The Bertz CT molecular complexity index is 970. The van der Waals surface area contributed by atoms with Gasteiger partial charge >= 0.3 is 0 Å². The largest absolute Gasteiger partial charge is 0.345 e. The molecule has 0 N–H and O–H groups in total. The molecule has 0 aromatic carbocycles. The molecule has 0 fully saturated rings. The van der Waals surface area contributed by atoms with Crippen LogP contribution in [-0.2, 0) is 6.54 Å². The van der Waals surface area contributed by atoms with Crippen molar-refractivity contribution in [3.63, 3.8) is 0 Å². The maximum Gasteiger partial charge on any atom is 0.256 e. The van der Waals surface area contributed by atoms with Crippen molar-refractivity contribution in [2.75, 3.05) is 5.75 Å². The molecule has 7 heteroatoms. The Morgan fingerprint density at radius 2 is 1.96 bits per heavy atom. The lowest BCUT2D eigenvalue weighted by Crippen LogP contribution is -2.07. The van der Waals surface area contributed by atoms with E-state index in [4.69, 9.17) is 0 Å². The summed E-state index contributed by atoms with van der Waals surface area (Å²) in [7, 11) is 0. The van der Waals surface area contributed by atoms with Gasteiger partial charge in [0, 0.05) is 34.9 Å². The highest BCUT2D eigenvalue weighted by Crippen LogP contribution is 2.22. The van der Waals surface area contributed by atoms with Crippen molar-refractivity contribution in [3.8, 4) is 0 Å². The van der Waals surface area contributed by atoms with Crippen LogP contribution in [-0.4, -0.2) is 35.7 Å². The third-order valence-corrected chi connectivity index (χ3v) is 5.11. The Morgan fingerprint density at radius 3 is 2.68 bits per heavy atom. The average molecular weight is 355 g/mol. The molecule has 25 heavy (non-hydrogen) atoms. The van der Waals surface area contributed by atoms with Crippen LogP contribution in [0.2, 0.25) is 0 Å². The Kier molecular flexibility index (Phi) is 4.76. The van der Waals surface area contributed by atoms with E-state index in [1.807, 2.05) is 50.3 Å². The van der Waals surface area contributed by atoms with Crippen LogP contribution in [0.4, 0.5) is 0 Å². The molecule has 0 amide bonds. The lowest BCUT2D eigenvalue weighted by atomic mass is 10.2. The molecular formula is C18H21N5OS. The number of fused-ring (bicyclic) bond motifs is 1. The first kappa shape index (κ1) is 17.4. The smallest absolute Gasteiger partial charge is 0.256 e. The summed E-state index contributed by atoms with van der Waals surface area (Å²) in [5.41, 5.74) is 4.70. The molecule has 0 spiro atoms. The summed E-state index contributed by atoms with van der Waals surface area (Å²) < 4.78 is 3.97. The highest BCUT2D eigenvalue weighted by molar-refractivity contribution is 7.99. The fourth-order valence-corrected chi connectivity index (χ4v) is 3.86. The minimum Gasteiger partial charge on any atom is -0.345 e. The van der Waals surface area contributed by atoms with E-state index in [0.717, 1.165) is 28.3 Å². The van der Waals surface area contributed by atoms with Gasteiger partial charge in [-0.3, -0.25) is 9.20 Å². The molecule has 0 aliphatic heterocycles. The molecule has 0 bridgehead atoms. The molecular weight excluding hydrogens is 334 g/mol. The van der Waals surface area contributed by atoms with Gasteiger partial charge in [-0.25, -0.2) is 4.98 Å². The fraction of sp³-hybridized carbons (Fsp3) is 0.333. The van der Waals surface area contributed by atoms with E-state index < -0.39 is 0 Å². The summed E-state index contributed by atoms with van der Waals surface area (Å²) >= 11 is 1.39. The molecule has 0 aliphatic carbocycles. The molecule has 0 saturated carbocycles. The number of carbonyl (C=O) groups excluding carboxylic acids is 1. The number of ketones is 1. The topological polar surface area (TPSA) is 65.1 Å². The number of hydrogen-bond donors (Lipinski definition) is 0. The van der Waals surface area contributed by atoms with Gasteiger partial charge in [-0.05, 0) is 39.8 Å². The first-order valence-electron chi connectivity index (χ1n) is 8.05. The van der Waals surface area contributed by atoms with Crippen LogP contribution in [0.15, 0.2) is 29.9 Å². The van der Waals surface area contributed by atoms with Crippen LogP contribution in [0.3, 0.4) is 0 Å². The zero-order chi connectivity index (χ0) is 18.1. The molecule has 0 radical (unpaired) electrons. The summed E-state index contributed by atoms with van der Waals surface area (Å²) in [5, 5.41) is 8.97. The quantitative estimate of drug-likeness (QED) is 0.385. The first-order valence-corrected chi connectivity index (χ1v) is 9.04. The zero-order valence-electron chi connectivity index (χ0n) is 14.9. The maximum atomic E-state index is 12.7. The van der Waals surface area contributed by atoms with Gasteiger partial charge in [0.25, 0.3) is 5.78 Å². The van der Waals surface area contributed by atoms with Crippen molar-refractivity contribution in [1.82, 2.24) is 24.1 Å². The third-order valence-electron chi connectivity index (χ3n) is 4.18. The number of aryl methyl sites for hydroxylation is 3. The van der Waals surface area contributed by atoms with Crippen LogP contribution < -0.4 is 0 Å². The van der Waals surface area contributed by atoms with Crippen molar-refractivity contribution in [3.05, 3.63) is 53.1 Å². The third kappa shape index (κ3) is 3.24. The van der Waals surface area contributed by atoms with E-state index in [1.54, 1.807) is 0 Å². The van der Waals surface area contributed by atoms with Gasteiger partial charge < -0.3 is 4.57 Å². The lowest BCUT2D eigenvalue weighted by Gasteiger charge is -2.06. The molecule has 6 nitrogen and oxygen atoms in total. The second kappa shape index (κ2) is 6.84. The molecule has 0 saturated heterocycles. The Morgan fingerprint density at radius 1 is 1.20 bits per heavy atom. The number of carbonyl (C=O) groups is 1. The number of hydrogen-bond acceptors (Lipinski definition) is 5. The van der Waals surface area contributed by atoms with Crippen LogP contribution in [0.25, 0.3) is 5.78 Å². The summed E-state index contributed by atoms with van der Waals surface area (Å²) in [4.78, 5) is 17.0. The number of allylic oxidation sites excluding steroid dienone is 1. The number of nitrogens with zero attached hydrogens (tertiary/aromatic N) is 5. The van der Waals surface area contributed by atoms with Crippen molar-refractivity contribution >= 4 is 23.3 Å². The molecule has 3 heterocycles. The molecule has 0 unspecified atom stereocenters. The second-order valence-electron chi connectivity index (χ2n) is 6.05.